The molecule has 1 aliphatic rings. The quantitative estimate of drug-likeness (QED) is 0.179. The summed E-state index contributed by atoms with van der Waals surface area (Å²) in [5, 5.41) is 14.7. The minimum absolute atomic E-state index is 0.0150. The molecule has 0 spiro atoms. The van der Waals surface area contributed by atoms with Crippen LogP contribution in [0.3, 0.4) is 0 Å². The van der Waals surface area contributed by atoms with Crippen molar-refractivity contribution < 1.29 is 23.5 Å². The molecule has 1 saturated heterocycles. The lowest BCUT2D eigenvalue weighted by atomic mass is 9.93. The minimum atomic E-state index is -2.00. The van der Waals surface area contributed by atoms with Gasteiger partial charge >= 0.3 is 6.09 Å². The van der Waals surface area contributed by atoms with Crippen LogP contribution in [-0.4, -0.2) is 60.2 Å². The molecule has 0 saturated carbocycles. The van der Waals surface area contributed by atoms with E-state index in [2.05, 4.69) is 44.2 Å². The van der Waals surface area contributed by atoms with Gasteiger partial charge in [-0.25, -0.2) is 14.2 Å². The number of pyridine rings is 1. The molecule has 11 heteroatoms. The topological polar surface area (TPSA) is 83.9 Å². The van der Waals surface area contributed by atoms with Crippen molar-refractivity contribution in [3.63, 3.8) is 0 Å². The van der Waals surface area contributed by atoms with Crippen LogP contribution in [0.5, 0.6) is 0 Å². The van der Waals surface area contributed by atoms with Crippen molar-refractivity contribution in [3.05, 3.63) is 56.9 Å². The highest BCUT2D eigenvalue weighted by atomic mass is 35.5. The highest BCUT2D eigenvalue weighted by molar-refractivity contribution is 6.74. The second-order valence-corrected chi connectivity index (χ2v) is 20.8. The van der Waals surface area contributed by atoms with Crippen molar-refractivity contribution >= 4 is 54.2 Å². The van der Waals surface area contributed by atoms with Gasteiger partial charge in [-0.1, -0.05) is 62.2 Å². The number of aryl methyl sites for hydroxylation is 1. The van der Waals surface area contributed by atoms with E-state index in [1.54, 1.807) is 11.0 Å². The molecule has 2 N–H and O–H groups in total. The minimum Gasteiger partial charge on any atom is -0.444 e. The summed E-state index contributed by atoms with van der Waals surface area (Å²) in [7, 11) is -2.00. The zero-order valence-corrected chi connectivity index (χ0v) is 31.9. The summed E-state index contributed by atoms with van der Waals surface area (Å²) in [5.41, 5.74) is 3.18. The summed E-state index contributed by atoms with van der Waals surface area (Å²) in [6.07, 6.45) is 1.47. The number of likely N-dealkylation sites (tertiary alicyclic amines) is 1. The normalized spacial score (nSPS) is 17.7. The Hall–Kier alpha value is -2.43. The molecule has 258 valence electrons. The maximum atomic E-state index is 16.4. The number of benzene rings is 2. The van der Waals surface area contributed by atoms with Gasteiger partial charge in [-0.3, -0.25) is 0 Å². The number of nitrogens with zero attached hydrogens (tertiary/aromatic N) is 2. The summed E-state index contributed by atoms with van der Waals surface area (Å²) >= 11 is 13.4. The van der Waals surface area contributed by atoms with Crippen molar-refractivity contribution in [3.8, 4) is 11.1 Å². The lowest BCUT2D eigenvalue weighted by molar-refractivity contribution is 0.00624. The van der Waals surface area contributed by atoms with E-state index in [1.165, 1.54) is 0 Å². The fourth-order valence-corrected chi connectivity index (χ4v) is 7.40. The van der Waals surface area contributed by atoms with E-state index in [1.807, 2.05) is 52.8 Å². The summed E-state index contributed by atoms with van der Waals surface area (Å²) < 4.78 is 28.7. The van der Waals surface area contributed by atoms with Crippen molar-refractivity contribution in [2.75, 3.05) is 18.5 Å². The lowest BCUT2D eigenvalue weighted by Gasteiger charge is -2.42. The van der Waals surface area contributed by atoms with Crippen LogP contribution in [0.2, 0.25) is 28.3 Å². The van der Waals surface area contributed by atoms with Gasteiger partial charge in [-0.15, -0.1) is 0 Å². The highest BCUT2D eigenvalue weighted by Gasteiger charge is 2.39. The monoisotopic (exact) mass is 705 g/mol. The molecule has 0 bridgehead atoms. The van der Waals surface area contributed by atoms with E-state index < -0.39 is 26.3 Å². The van der Waals surface area contributed by atoms with E-state index in [0.29, 0.717) is 54.6 Å². The number of aliphatic hydroxyl groups excluding tert-OH is 1. The van der Waals surface area contributed by atoms with E-state index in [0.717, 1.165) is 11.1 Å². The number of fused-ring (bicyclic) bond motifs is 1. The van der Waals surface area contributed by atoms with Crippen LogP contribution in [0.1, 0.15) is 77.5 Å². The van der Waals surface area contributed by atoms with Gasteiger partial charge in [-0.05, 0) is 94.8 Å². The summed E-state index contributed by atoms with van der Waals surface area (Å²) in [6, 6.07) is 7.09. The van der Waals surface area contributed by atoms with E-state index >= 15 is 4.39 Å². The number of halogens is 3. The third kappa shape index (κ3) is 8.24. The predicted octanol–water partition coefficient (Wildman–Crippen LogP) is 10.0. The largest absolute Gasteiger partial charge is 0.444 e. The van der Waals surface area contributed by atoms with Crippen LogP contribution in [0, 0.1) is 19.7 Å². The molecule has 7 nitrogen and oxygen atoms in total. The third-order valence-corrected chi connectivity index (χ3v) is 14.8. The number of amides is 1. The second kappa shape index (κ2) is 14.2. The Kier molecular flexibility index (Phi) is 11.3. The van der Waals surface area contributed by atoms with Crippen molar-refractivity contribution in [2.45, 2.75) is 117 Å². The number of carbonyl (C=O) groups excluding carboxylic acids is 1. The molecule has 1 aromatic heterocycles. The molecule has 0 unspecified atom stereocenters. The Morgan fingerprint density at radius 3 is 2.47 bits per heavy atom. The number of aromatic nitrogens is 1. The number of ether oxygens (including phenoxy) is 1. The van der Waals surface area contributed by atoms with Crippen LogP contribution in [-0.2, 0) is 15.8 Å². The second-order valence-electron chi connectivity index (χ2n) is 15.2. The first-order valence-electron chi connectivity index (χ1n) is 16.3. The molecule has 3 aromatic rings. The van der Waals surface area contributed by atoms with Crippen molar-refractivity contribution in [1.82, 2.24) is 9.88 Å². The molecule has 0 radical (unpaired) electrons. The fourth-order valence-electron chi connectivity index (χ4n) is 5.81. The van der Waals surface area contributed by atoms with Gasteiger partial charge in [0, 0.05) is 41.7 Å². The average molecular weight is 707 g/mol. The Bertz CT molecular complexity index is 1640. The molecule has 4 rings (SSSR count). The van der Waals surface area contributed by atoms with Crippen LogP contribution < -0.4 is 5.32 Å². The number of hydrogen-bond acceptors (Lipinski definition) is 6. The molecule has 2 heterocycles. The molecule has 2 atom stereocenters. The number of nitrogens with one attached hydrogen (secondary N) is 1. The zero-order chi connectivity index (χ0) is 35.1. The third-order valence-electron chi connectivity index (χ3n) is 9.67. The number of aliphatic hydroxyl groups is 1. The number of carbonyl (C=O) groups is 1. The molecule has 1 amide bonds. The molecule has 47 heavy (non-hydrogen) atoms. The SMILES string of the molecule is Cc1cccc(-c2c(Cl)cc3c(N[C@H]4CCN(C(=O)OC(C)(C)C)[C@H](CCO[Si](C)(C)C(C)(C)C)C4)c(CO)c(Cl)nc3c2F)c1C. The molecule has 0 aliphatic carbocycles. The summed E-state index contributed by atoms with van der Waals surface area (Å²) in [4.78, 5) is 19.5. The summed E-state index contributed by atoms with van der Waals surface area (Å²) in [5.74, 6) is -0.573. The van der Waals surface area contributed by atoms with Crippen molar-refractivity contribution in [2.24, 2.45) is 0 Å². The number of hydrogen-bond donors (Lipinski definition) is 2. The zero-order valence-electron chi connectivity index (χ0n) is 29.4. The summed E-state index contributed by atoms with van der Waals surface area (Å²) in [6.45, 7) is 21.1. The molecule has 2 aromatic carbocycles. The van der Waals surface area contributed by atoms with Gasteiger partial charge in [0.05, 0.1) is 17.3 Å². The first kappa shape index (κ1) is 37.4. The first-order chi connectivity index (χ1) is 21.8. The van der Waals surface area contributed by atoms with Gasteiger partial charge in [-0.2, -0.15) is 0 Å². The Balaban J connectivity index is 1.70. The molecular weight excluding hydrogens is 656 g/mol. The van der Waals surface area contributed by atoms with Crippen LogP contribution in [0.4, 0.5) is 14.9 Å². The van der Waals surface area contributed by atoms with Gasteiger partial charge in [0.25, 0.3) is 0 Å². The van der Waals surface area contributed by atoms with Gasteiger partial charge in [0.15, 0.2) is 14.1 Å². The van der Waals surface area contributed by atoms with Crippen LogP contribution >= 0.6 is 23.2 Å². The Morgan fingerprint density at radius 2 is 1.85 bits per heavy atom. The fraction of sp³-hybridized carbons (Fsp3) is 0.556. The maximum absolute atomic E-state index is 16.4. The predicted molar refractivity (Wildman–Crippen MR) is 194 cm³/mol. The Morgan fingerprint density at radius 1 is 1.17 bits per heavy atom. The standard InChI is InChI=1S/C36H50Cl2FN3O4Si/c1-21-12-11-13-25(22(21)2)29-28(37)19-26-31(27(20-43)33(38)41-32(26)30(29)39)40-23-14-16-42(34(44)46-35(3,4)5)24(18-23)15-17-45-47(9,10)36(6,7)8/h11-13,19,23-24,43H,14-18,20H2,1-10H3,(H,40,41)/t23-,24+/m0/s1. The lowest BCUT2D eigenvalue weighted by Crippen LogP contribution is -2.51. The van der Waals surface area contributed by atoms with E-state index in [-0.39, 0.29) is 44.5 Å². The highest BCUT2D eigenvalue weighted by Crippen LogP contribution is 2.42. The number of rotatable bonds is 8. The van der Waals surface area contributed by atoms with Gasteiger partial charge in [0.2, 0.25) is 0 Å². The van der Waals surface area contributed by atoms with Crippen LogP contribution in [0.15, 0.2) is 24.3 Å². The van der Waals surface area contributed by atoms with E-state index in [9.17, 15) is 9.90 Å². The first-order valence-corrected chi connectivity index (χ1v) is 20.0. The Labute approximate surface area is 290 Å². The van der Waals surface area contributed by atoms with Crippen LogP contribution in [0.25, 0.3) is 22.0 Å². The number of piperidine rings is 1. The van der Waals surface area contributed by atoms with Crippen molar-refractivity contribution in [1.29, 1.82) is 0 Å². The smallest absolute Gasteiger partial charge is 0.410 e. The molecule has 1 aliphatic heterocycles. The van der Waals surface area contributed by atoms with Gasteiger partial charge < -0.3 is 24.5 Å². The van der Waals surface area contributed by atoms with Gasteiger partial charge in [0.1, 0.15) is 16.3 Å². The molecule has 1 fully saturated rings. The maximum Gasteiger partial charge on any atom is 0.410 e. The van der Waals surface area contributed by atoms with E-state index in [4.69, 9.17) is 32.4 Å². The number of anilines is 1. The average Bonchev–Trinajstić information content (AvgIpc) is 2.94. The molecular formula is C36H50Cl2FN3O4Si.